The molecule has 1 N–H and O–H groups in total. The Morgan fingerprint density at radius 1 is 1.19 bits per heavy atom. The molecule has 3 rings (SSSR count). The molecule has 0 aliphatic heterocycles. The van der Waals surface area contributed by atoms with Gasteiger partial charge in [0, 0.05) is 17.6 Å². The van der Waals surface area contributed by atoms with Gasteiger partial charge in [-0.25, -0.2) is 4.98 Å². The molecule has 3 heteroatoms. The molecule has 1 heterocycles. The van der Waals surface area contributed by atoms with Crippen molar-refractivity contribution in [1.82, 2.24) is 4.98 Å². The van der Waals surface area contributed by atoms with Crippen molar-refractivity contribution in [3.63, 3.8) is 0 Å². The summed E-state index contributed by atoms with van der Waals surface area (Å²) in [6.07, 6.45) is 5.71. The van der Waals surface area contributed by atoms with Crippen LogP contribution >= 0.6 is 0 Å². The SMILES string of the molecule is COc1ccc2ccnc(NC3CCC(C)CC3C)c2c1. The van der Waals surface area contributed by atoms with Crippen LogP contribution in [-0.4, -0.2) is 18.1 Å². The predicted molar refractivity (Wildman–Crippen MR) is 87.9 cm³/mol. The second-order valence-electron chi connectivity index (χ2n) is 6.39. The fraction of sp³-hybridized carbons (Fsp3) is 0.500. The third-order valence-electron chi connectivity index (χ3n) is 4.73. The van der Waals surface area contributed by atoms with Crippen molar-refractivity contribution in [2.24, 2.45) is 11.8 Å². The smallest absolute Gasteiger partial charge is 0.134 e. The molecule has 0 radical (unpaired) electrons. The molecule has 112 valence electrons. The van der Waals surface area contributed by atoms with Crippen LogP contribution in [0.4, 0.5) is 5.82 Å². The summed E-state index contributed by atoms with van der Waals surface area (Å²) in [7, 11) is 1.70. The molecule has 1 aliphatic rings. The number of anilines is 1. The number of fused-ring (bicyclic) bond motifs is 1. The molecule has 3 nitrogen and oxygen atoms in total. The summed E-state index contributed by atoms with van der Waals surface area (Å²) in [6, 6.07) is 8.72. The third-order valence-corrected chi connectivity index (χ3v) is 4.73. The summed E-state index contributed by atoms with van der Waals surface area (Å²) in [5.74, 6) is 3.40. The highest BCUT2D eigenvalue weighted by Gasteiger charge is 2.25. The van der Waals surface area contributed by atoms with Gasteiger partial charge in [-0.3, -0.25) is 0 Å². The van der Waals surface area contributed by atoms with Crippen LogP contribution in [0.1, 0.15) is 33.1 Å². The van der Waals surface area contributed by atoms with Gasteiger partial charge < -0.3 is 10.1 Å². The second-order valence-corrected chi connectivity index (χ2v) is 6.39. The second kappa shape index (κ2) is 5.92. The van der Waals surface area contributed by atoms with E-state index in [0.29, 0.717) is 12.0 Å². The first kappa shape index (κ1) is 14.2. The Kier molecular flexibility index (Phi) is 4.00. The van der Waals surface area contributed by atoms with Crippen molar-refractivity contribution >= 4 is 16.6 Å². The minimum absolute atomic E-state index is 0.519. The maximum Gasteiger partial charge on any atom is 0.134 e. The van der Waals surface area contributed by atoms with Gasteiger partial charge >= 0.3 is 0 Å². The number of rotatable bonds is 3. The highest BCUT2D eigenvalue weighted by Crippen LogP contribution is 2.32. The molecule has 1 aromatic heterocycles. The maximum atomic E-state index is 5.35. The number of methoxy groups -OCH3 is 1. The van der Waals surface area contributed by atoms with Crippen molar-refractivity contribution < 1.29 is 4.74 Å². The number of ether oxygens (including phenoxy) is 1. The Balaban J connectivity index is 1.89. The van der Waals surface area contributed by atoms with Crippen molar-refractivity contribution in [1.29, 1.82) is 0 Å². The van der Waals surface area contributed by atoms with E-state index in [9.17, 15) is 0 Å². The van der Waals surface area contributed by atoms with Gasteiger partial charge in [0.1, 0.15) is 11.6 Å². The molecule has 1 fully saturated rings. The third kappa shape index (κ3) is 2.97. The number of hydrogen-bond acceptors (Lipinski definition) is 3. The molecule has 1 aromatic carbocycles. The molecule has 0 saturated heterocycles. The summed E-state index contributed by atoms with van der Waals surface area (Å²) < 4.78 is 5.35. The van der Waals surface area contributed by atoms with Gasteiger partial charge in [-0.2, -0.15) is 0 Å². The summed E-state index contributed by atoms with van der Waals surface area (Å²) >= 11 is 0. The molecule has 0 bridgehead atoms. The van der Waals surface area contributed by atoms with E-state index < -0.39 is 0 Å². The highest BCUT2D eigenvalue weighted by atomic mass is 16.5. The number of benzene rings is 1. The quantitative estimate of drug-likeness (QED) is 0.902. The van der Waals surface area contributed by atoms with Crippen molar-refractivity contribution in [2.75, 3.05) is 12.4 Å². The molecule has 3 atom stereocenters. The predicted octanol–water partition coefficient (Wildman–Crippen LogP) is 4.48. The first-order chi connectivity index (χ1) is 10.2. The van der Waals surface area contributed by atoms with Gasteiger partial charge in [0.15, 0.2) is 0 Å². The number of aromatic nitrogens is 1. The lowest BCUT2D eigenvalue weighted by Gasteiger charge is -2.33. The lowest BCUT2D eigenvalue weighted by atomic mass is 9.80. The lowest BCUT2D eigenvalue weighted by Crippen LogP contribution is -2.33. The van der Waals surface area contributed by atoms with Crippen LogP contribution in [0.15, 0.2) is 30.5 Å². The monoisotopic (exact) mass is 284 g/mol. The van der Waals surface area contributed by atoms with Crippen LogP contribution in [0.3, 0.4) is 0 Å². The van der Waals surface area contributed by atoms with E-state index in [1.54, 1.807) is 7.11 Å². The number of pyridine rings is 1. The van der Waals surface area contributed by atoms with E-state index in [1.807, 2.05) is 18.3 Å². The molecule has 0 amide bonds. The molecule has 1 aliphatic carbocycles. The van der Waals surface area contributed by atoms with Crippen LogP contribution < -0.4 is 10.1 Å². The normalized spacial score (nSPS) is 25.8. The molecule has 1 saturated carbocycles. The zero-order valence-corrected chi connectivity index (χ0v) is 13.1. The van der Waals surface area contributed by atoms with Crippen molar-refractivity contribution in [3.8, 4) is 5.75 Å². The Bertz CT molecular complexity index is 626. The van der Waals surface area contributed by atoms with Gasteiger partial charge in [-0.1, -0.05) is 19.9 Å². The van der Waals surface area contributed by atoms with Crippen molar-refractivity contribution in [3.05, 3.63) is 30.5 Å². The topological polar surface area (TPSA) is 34.1 Å². The molecular weight excluding hydrogens is 260 g/mol. The Morgan fingerprint density at radius 2 is 2.05 bits per heavy atom. The summed E-state index contributed by atoms with van der Waals surface area (Å²) in [4.78, 5) is 4.56. The minimum Gasteiger partial charge on any atom is -0.497 e. The van der Waals surface area contributed by atoms with Crippen LogP contribution in [0.5, 0.6) is 5.75 Å². The Labute approximate surface area is 126 Å². The van der Waals surface area contributed by atoms with E-state index in [0.717, 1.165) is 22.9 Å². The van der Waals surface area contributed by atoms with Crippen molar-refractivity contribution in [2.45, 2.75) is 39.2 Å². The van der Waals surface area contributed by atoms with Crippen LogP contribution in [0.2, 0.25) is 0 Å². The summed E-state index contributed by atoms with van der Waals surface area (Å²) in [6.45, 7) is 4.70. The van der Waals surface area contributed by atoms with Gasteiger partial charge in [-0.05, 0) is 54.7 Å². The van der Waals surface area contributed by atoms with Crippen LogP contribution in [0, 0.1) is 11.8 Å². The molecule has 21 heavy (non-hydrogen) atoms. The van der Waals surface area contributed by atoms with E-state index in [-0.39, 0.29) is 0 Å². The van der Waals surface area contributed by atoms with E-state index in [2.05, 4.69) is 36.3 Å². The van der Waals surface area contributed by atoms with Gasteiger partial charge in [-0.15, -0.1) is 0 Å². The van der Waals surface area contributed by atoms with E-state index in [1.165, 1.54) is 24.6 Å². The minimum atomic E-state index is 0.519. The number of nitrogens with one attached hydrogen (secondary N) is 1. The molecular formula is C18H24N2O. The summed E-state index contributed by atoms with van der Waals surface area (Å²) in [5.41, 5.74) is 0. The fourth-order valence-corrected chi connectivity index (χ4v) is 3.44. The largest absolute Gasteiger partial charge is 0.497 e. The average Bonchev–Trinajstić information content (AvgIpc) is 2.50. The number of nitrogens with zero attached hydrogens (tertiary/aromatic N) is 1. The van der Waals surface area contributed by atoms with Crippen LogP contribution in [-0.2, 0) is 0 Å². The van der Waals surface area contributed by atoms with E-state index in [4.69, 9.17) is 4.74 Å². The van der Waals surface area contributed by atoms with Crippen LogP contribution in [0.25, 0.3) is 10.8 Å². The Hall–Kier alpha value is -1.77. The zero-order valence-electron chi connectivity index (χ0n) is 13.1. The maximum absolute atomic E-state index is 5.35. The molecule has 0 spiro atoms. The number of hydrogen-bond donors (Lipinski definition) is 1. The first-order valence-electron chi connectivity index (χ1n) is 7.86. The first-order valence-corrected chi connectivity index (χ1v) is 7.86. The molecule has 2 aromatic rings. The highest BCUT2D eigenvalue weighted by molar-refractivity contribution is 5.92. The standard InChI is InChI=1S/C18H24N2O/c1-12-4-7-17(13(2)10-12)20-18-16-11-15(21-3)6-5-14(16)8-9-19-18/h5-6,8-9,11-13,17H,4,7,10H2,1-3H3,(H,19,20). The Morgan fingerprint density at radius 3 is 2.81 bits per heavy atom. The average molecular weight is 284 g/mol. The van der Waals surface area contributed by atoms with E-state index >= 15 is 0 Å². The summed E-state index contributed by atoms with van der Waals surface area (Å²) in [5, 5.41) is 6.02. The van der Waals surface area contributed by atoms with Gasteiger partial charge in [0.05, 0.1) is 7.11 Å². The van der Waals surface area contributed by atoms with Gasteiger partial charge in [0.2, 0.25) is 0 Å². The van der Waals surface area contributed by atoms with Gasteiger partial charge in [0.25, 0.3) is 0 Å². The molecule has 3 unspecified atom stereocenters. The zero-order chi connectivity index (χ0) is 14.8. The lowest BCUT2D eigenvalue weighted by molar-refractivity contribution is 0.276. The fourth-order valence-electron chi connectivity index (χ4n) is 3.44.